The molecule has 0 saturated heterocycles. The Morgan fingerprint density at radius 1 is 1.33 bits per heavy atom. The van der Waals surface area contributed by atoms with E-state index < -0.39 is 11.9 Å². The average Bonchev–Trinajstić information content (AvgIpc) is 2.35. The van der Waals surface area contributed by atoms with Gasteiger partial charge in [-0.15, -0.1) is 0 Å². The molecule has 0 atom stereocenters. The van der Waals surface area contributed by atoms with Gasteiger partial charge in [-0.3, -0.25) is 4.79 Å². The number of hydrogen-bond acceptors (Lipinski definition) is 3. The monoisotopic (exact) mass is 246 g/mol. The number of amides is 1. The van der Waals surface area contributed by atoms with Gasteiger partial charge in [0.1, 0.15) is 5.75 Å². The summed E-state index contributed by atoms with van der Waals surface area (Å²) in [5.41, 5.74) is 1.40. The number of anilines is 1. The highest BCUT2D eigenvalue weighted by Crippen LogP contribution is 2.18. The van der Waals surface area contributed by atoms with Crippen LogP contribution in [-0.2, 0) is 0 Å². The van der Waals surface area contributed by atoms with Crippen LogP contribution in [0.5, 0.6) is 5.75 Å². The topological polar surface area (TPSA) is 62.2 Å². The van der Waals surface area contributed by atoms with Gasteiger partial charge in [-0.25, -0.2) is 4.98 Å². The van der Waals surface area contributed by atoms with E-state index in [0.29, 0.717) is 16.8 Å². The molecule has 0 bridgehead atoms. The zero-order valence-corrected chi connectivity index (χ0v) is 9.64. The quantitative estimate of drug-likeness (QED) is 0.800. The molecule has 92 valence electrons. The second kappa shape index (κ2) is 4.83. The third-order valence-electron chi connectivity index (χ3n) is 2.46. The molecular formula is C13H11FN2O2. The zero-order valence-electron chi connectivity index (χ0n) is 9.64. The van der Waals surface area contributed by atoms with Gasteiger partial charge in [0.15, 0.2) is 0 Å². The standard InChI is InChI=1S/C13H11FN2O2/c1-8-2-3-9(6-11(8)17)13(18)16-10-4-5-12(14)15-7-10/h2-7,17H,1H3,(H,16,18). The summed E-state index contributed by atoms with van der Waals surface area (Å²) in [6, 6.07) is 7.19. The Labute approximate surface area is 103 Å². The molecule has 0 aliphatic rings. The molecule has 2 aromatic rings. The summed E-state index contributed by atoms with van der Waals surface area (Å²) in [7, 11) is 0. The number of aromatic nitrogens is 1. The minimum absolute atomic E-state index is 0.0554. The summed E-state index contributed by atoms with van der Waals surface area (Å²) in [5.74, 6) is -0.945. The Morgan fingerprint density at radius 3 is 2.72 bits per heavy atom. The van der Waals surface area contributed by atoms with Gasteiger partial charge in [0.2, 0.25) is 5.95 Å². The average molecular weight is 246 g/mol. The van der Waals surface area contributed by atoms with Crippen molar-refractivity contribution in [1.82, 2.24) is 4.98 Å². The van der Waals surface area contributed by atoms with Crippen LogP contribution in [0.25, 0.3) is 0 Å². The molecule has 0 fully saturated rings. The molecule has 0 spiro atoms. The van der Waals surface area contributed by atoms with Gasteiger partial charge in [-0.1, -0.05) is 6.07 Å². The predicted molar refractivity (Wildman–Crippen MR) is 65.0 cm³/mol. The molecule has 0 aliphatic carbocycles. The lowest BCUT2D eigenvalue weighted by molar-refractivity contribution is 0.102. The number of aromatic hydroxyl groups is 1. The number of benzene rings is 1. The van der Waals surface area contributed by atoms with Gasteiger partial charge >= 0.3 is 0 Å². The number of aryl methyl sites for hydroxylation is 1. The largest absolute Gasteiger partial charge is 0.508 e. The number of phenolic OH excluding ortho intramolecular Hbond substituents is 1. The highest BCUT2D eigenvalue weighted by Gasteiger charge is 2.08. The number of hydrogen-bond donors (Lipinski definition) is 2. The Hall–Kier alpha value is -2.43. The molecule has 1 aromatic carbocycles. The molecule has 0 aliphatic heterocycles. The molecule has 1 heterocycles. The summed E-state index contributed by atoms with van der Waals surface area (Å²) in [6.07, 6.45) is 1.22. The first-order chi connectivity index (χ1) is 8.56. The molecule has 0 saturated carbocycles. The molecule has 2 rings (SSSR count). The van der Waals surface area contributed by atoms with Gasteiger partial charge in [0.25, 0.3) is 5.91 Å². The van der Waals surface area contributed by atoms with Crippen LogP contribution in [0.4, 0.5) is 10.1 Å². The maximum Gasteiger partial charge on any atom is 0.255 e. The zero-order chi connectivity index (χ0) is 13.1. The molecule has 1 aromatic heterocycles. The normalized spacial score (nSPS) is 10.1. The third kappa shape index (κ3) is 2.63. The van der Waals surface area contributed by atoms with Crippen molar-refractivity contribution in [3.8, 4) is 5.75 Å². The van der Waals surface area contributed by atoms with Crippen LogP contribution >= 0.6 is 0 Å². The van der Waals surface area contributed by atoms with E-state index in [4.69, 9.17) is 0 Å². The number of pyridine rings is 1. The van der Waals surface area contributed by atoms with Crippen molar-refractivity contribution in [1.29, 1.82) is 0 Å². The molecular weight excluding hydrogens is 235 g/mol. The van der Waals surface area contributed by atoms with Gasteiger partial charge in [0.05, 0.1) is 11.9 Å². The van der Waals surface area contributed by atoms with Crippen LogP contribution in [-0.4, -0.2) is 16.0 Å². The maximum absolute atomic E-state index is 12.6. The number of halogens is 1. The van der Waals surface area contributed by atoms with E-state index in [9.17, 15) is 14.3 Å². The van der Waals surface area contributed by atoms with Crippen molar-refractivity contribution in [2.45, 2.75) is 6.92 Å². The first-order valence-electron chi connectivity index (χ1n) is 5.29. The number of rotatable bonds is 2. The first kappa shape index (κ1) is 12.0. The van der Waals surface area contributed by atoms with Crippen LogP contribution < -0.4 is 5.32 Å². The second-order valence-corrected chi connectivity index (χ2v) is 3.82. The minimum atomic E-state index is -0.610. The maximum atomic E-state index is 12.6. The molecule has 4 nitrogen and oxygen atoms in total. The van der Waals surface area contributed by atoms with Gasteiger partial charge < -0.3 is 10.4 Å². The van der Waals surface area contributed by atoms with Crippen molar-refractivity contribution in [2.75, 3.05) is 5.32 Å². The molecule has 0 unspecified atom stereocenters. The smallest absolute Gasteiger partial charge is 0.255 e. The molecule has 5 heteroatoms. The highest BCUT2D eigenvalue weighted by molar-refractivity contribution is 6.04. The molecule has 1 amide bonds. The van der Waals surface area contributed by atoms with E-state index in [2.05, 4.69) is 10.3 Å². The van der Waals surface area contributed by atoms with E-state index in [1.807, 2.05) is 0 Å². The van der Waals surface area contributed by atoms with Crippen LogP contribution in [0.15, 0.2) is 36.5 Å². The van der Waals surface area contributed by atoms with Crippen molar-refractivity contribution in [3.63, 3.8) is 0 Å². The summed E-state index contributed by atoms with van der Waals surface area (Å²) < 4.78 is 12.6. The fraction of sp³-hybridized carbons (Fsp3) is 0.0769. The van der Waals surface area contributed by atoms with Crippen molar-refractivity contribution < 1.29 is 14.3 Å². The van der Waals surface area contributed by atoms with Gasteiger partial charge in [-0.05, 0) is 36.8 Å². The van der Waals surface area contributed by atoms with Gasteiger partial charge in [-0.2, -0.15) is 4.39 Å². The number of nitrogens with zero attached hydrogens (tertiary/aromatic N) is 1. The Bertz CT molecular complexity index is 582. The second-order valence-electron chi connectivity index (χ2n) is 3.82. The third-order valence-corrected chi connectivity index (χ3v) is 2.46. The van der Waals surface area contributed by atoms with E-state index in [-0.39, 0.29) is 5.75 Å². The molecule has 18 heavy (non-hydrogen) atoms. The Balaban J connectivity index is 2.16. The lowest BCUT2D eigenvalue weighted by atomic mass is 10.1. The molecule has 0 radical (unpaired) electrons. The lowest BCUT2D eigenvalue weighted by Gasteiger charge is -2.06. The molecule has 2 N–H and O–H groups in total. The fourth-order valence-electron chi connectivity index (χ4n) is 1.40. The number of carbonyl (C=O) groups excluding carboxylic acids is 1. The first-order valence-corrected chi connectivity index (χ1v) is 5.29. The van der Waals surface area contributed by atoms with Crippen LogP contribution in [0, 0.1) is 12.9 Å². The predicted octanol–water partition coefficient (Wildman–Crippen LogP) is 2.49. The van der Waals surface area contributed by atoms with Gasteiger partial charge in [0, 0.05) is 5.56 Å². The van der Waals surface area contributed by atoms with Crippen molar-refractivity contribution in [2.24, 2.45) is 0 Å². The van der Waals surface area contributed by atoms with Crippen molar-refractivity contribution in [3.05, 3.63) is 53.6 Å². The summed E-state index contributed by atoms with van der Waals surface area (Å²) in [5, 5.41) is 12.1. The van der Waals surface area contributed by atoms with Crippen LogP contribution in [0.2, 0.25) is 0 Å². The minimum Gasteiger partial charge on any atom is -0.508 e. The van der Waals surface area contributed by atoms with E-state index in [1.54, 1.807) is 19.1 Å². The summed E-state index contributed by atoms with van der Waals surface area (Å²) in [6.45, 7) is 1.74. The fourth-order valence-corrected chi connectivity index (χ4v) is 1.40. The lowest BCUT2D eigenvalue weighted by Crippen LogP contribution is -2.12. The van der Waals surface area contributed by atoms with E-state index in [1.165, 1.54) is 18.3 Å². The Kier molecular flexibility index (Phi) is 3.23. The summed E-state index contributed by atoms with van der Waals surface area (Å²) >= 11 is 0. The number of nitrogens with one attached hydrogen (secondary N) is 1. The van der Waals surface area contributed by atoms with Crippen LogP contribution in [0.1, 0.15) is 15.9 Å². The van der Waals surface area contributed by atoms with E-state index in [0.717, 1.165) is 6.07 Å². The number of carbonyl (C=O) groups is 1. The van der Waals surface area contributed by atoms with Crippen LogP contribution in [0.3, 0.4) is 0 Å². The SMILES string of the molecule is Cc1ccc(C(=O)Nc2ccc(F)nc2)cc1O. The van der Waals surface area contributed by atoms with E-state index >= 15 is 0 Å². The Morgan fingerprint density at radius 2 is 2.11 bits per heavy atom. The summed E-state index contributed by atoms with van der Waals surface area (Å²) in [4.78, 5) is 15.2. The number of phenols is 1. The van der Waals surface area contributed by atoms with Crippen molar-refractivity contribution >= 4 is 11.6 Å². The highest BCUT2D eigenvalue weighted by atomic mass is 19.1.